The Hall–Kier alpha value is -1.24. The summed E-state index contributed by atoms with van der Waals surface area (Å²) in [4.78, 5) is 7.89. The lowest BCUT2D eigenvalue weighted by atomic mass is 10.3. The molecule has 1 N–H and O–H groups in total. The molecular weight excluding hydrogens is 310 g/mol. The van der Waals surface area contributed by atoms with Gasteiger partial charge in [0.1, 0.15) is 10.0 Å². The third-order valence-corrected chi connectivity index (χ3v) is 4.15. The minimum atomic E-state index is -3.61. The highest BCUT2D eigenvalue weighted by Gasteiger charge is 2.15. The minimum Gasteiger partial charge on any atom is -0.292 e. The van der Waals surface area contributed by atoms with Crippen molar-refractivity contribution in [2.45, 2.75) is 32.6 Å². The number of aryl methyl sites for hydroxylation is 1. The molecule has 5 nitrogen and oxygen atoms in total. The summed E-state index contributed by atoms with van der Waals surface area (Å²) in [5.74, 6) is 0. The highest BCUT2D eigenvalue weighted by molar-refractivity contribution is 7.89. The number of aliphatic imine (C=N–C) groups is 1. The maximum absolute atomic E-state index is 12.0. The van der Waals surface area contributed by atoms with Crippen molar-refractivity contribution in [2.24, 2.45) is 4.99 Å². The van der Waals surface area contributed by atoms with E-state index in [1.165, 1.54) is 12.3 Å². The van der Waals surface area contributed by atoms with Gasteiger partial charge in [0, 0.05) is 19.0 Å². The van der Waals surface area contributed by atoms with Gasteiger partial charge < -0.3 is 0 Å². The van der Waals surface area contributed by atoms with Gasteiger partial charge in [-0.1, -0.05) is 31.5 Å². The predicted molar refractivity (Wildman–Crippen MR) is 88.7 cm³/mol. The Morgan fingerprint density at radius 3 is 2.57 bits per heavy atom. The maximum Gasteiger partial charge on any atom is 0.242 e. The van der Waals surface area contributed by atoms with Crippen LogP contribution >= 0.6 is 11.6 Å². The summed E-state index contributed by atoms with van der Waals surface area (Å²) in [6, 6.07) is 1.48. The van der Waals surface area contributed by atoms with Crippen LogP contribution in [0.15, 0.2) is 34.3 Å². The SMILES string of the molecule is C/C=C\C(CNS(=O)(=O)c1cnc(Cl)c(C)c1)=NC.CC. The molecule has 1 aromatic rings. The van der Waals surface area contributed by atoms with Crippen molar-refractivity contribution in [3.05, 3.63) is 35.1 Å². The van der Waals surface area contributed by atoms with Crippen LogP contribution < -0.4 is 4.72 Å². The molecule has 0 atom stereocenters. The predicted octanol–water partition coefficient (Wildman–Crippen LogP) is 2.99. The van der Waals surface area contributed by atoms with E-state index in [9.17, 15) is 8.42 Å². The van der Waals surface area contributed by atoms with Crippen LogP contribution in [0.25, 0.3) is 0 Å². The normalized spacial score (nSPS) is 12.2. The molecule has 0 unspecified atom stereocenters. The van der Waals surface area contributed by atoms with E-state index < -0.39 is 10.0 Å². The first kappa shape index (κ1) is 19.8. The van der Waals surface area contributed by atoms with Crippen molar-refractivity contribution >= 4 is 27.3 Å². The molecule has 0 fully saturated rings. The fourth-order valence-corrected chi connectivity index (χ4v) is 2.47. The molecule has 0 saturated carbocycles. The fraction of sp³-hybridized carbons (Fsp3) is 0.429. The van der Waals surface area contributed by atoms with Gasteiger partial charge in [0.25, 0.3) is 0 Å². The third-order valence-electron chi connectivity index (χ3n) is 2.39. The topological polar surface area (TPSA) is 71.4 Å². The Bertz CT molecular complexity index is 611. The Kier molecular flexibility index (Phi) is 9.08. The van der Waals surface area contributed by atoms with Crippen molar-refractivity contribution in [3.8, 4) is 0 Å². The highest BCUT2D eigenvalue weighted by atomic mass is 35.5. The first-order chi connectivity index (χ1) is 9.90. The summed E-state index contributed by atoms with van der Waals surface area (Å²) in [6.45, 7) is 7.67. The van der Waals surface area contributed by atoms with Crippen molar-refractivity contribution in [3.63, 3.8) is 0 Å². The number of nitrogens with zero attached hydrogens (tertiary/aromatic N) is 2. The second kappa shape index (κ2) is 9.65. The lowest BCUT2D eigenvalue weighted by Crippen LogP contribution is -2.29. The van der Waals surface area contributed by atoms with Gasteiger partial charge in [-0.05, 0) is 31.6 Å². The number of aromatic nitrogens is 1. The van der Waals surface area contributed by atoms with E-state index in [0.29, 0.717) is 16.4 Å². The molecule has 0 aliphatic heterocycles. The second-order valence-electron chi connectivity index (χ2n) is 3.82. The first-order valence-corrected chi connectivity index (χ1v) is 8.47. The molecule has 0 aromatic carbocycles. The molecule has 0 bridgehead atoms. The zero-order chi connectivity index (χ0) is 16.5. The van der Waals surface area contributed by atoms with Crippen LogP contribution in [0.5, 0.6) is 0 Å². The van der Waals surface area contributed by atoms with Gasteiger partial charge in [-0.15, -0.1) is 0 Å². The smallest absolute Gasteiger partial charge is 0.242 e. The summed E-state index contributed by atoms with van der Waals surface area (Å²) in [6.07, 6.45) is 4.77. The molecule has 1 aromatic heterocycles. The molecule has 0 amide bonds. The van der Waals surface area contributed by atoms with Gasteiger partial charge in [-0.2, -0.15) is 0 Å². The van der Waals surface area contributed by atoms with E-state index in [1.54, 1.807) is 26.1 Å². The van der Waals surface area contributed by atoms with Gasteiger partial charge in [-0.3, -0.25) is 4.99 Å². The highest BCUT2D eigenvalue weighted by Crippen LogP contribution is 2.16. The van der Waals surface area contributed by atoms with Crippen LogP contribution in [0.1, 0.15) is 26.3 Å². The molecule has 0 spiro atoms. The average Bonchev–Trinajstić information content (AvgIpc) is 2.48. The maximum atomic E-state index is 12.0. The molecule has 118 valence electrons. The number of allylic oxidation sites excluding steroid dienone is 1. The molecule has 21 heavy (non-hydrogen) atoms. The fourth-order valence-electron chi connectivity index (χ4n) is 1.34. The summed E-state index contributed by atoms with van der Waals surface area (Å²) in [5, 5.41) is 0.295. The van der Waals surface area contributed by atoms with E-state index in [1.807, 2.05) is 20.8 Å². The minimum absolute atomic E-state index is 0.0883. The largest absolute Gasteiger partial charge is 0.292 e. The quantitative estimate of drug-likeness (QED) is 0.666. The molecule has 7 heteroatoms. The van der Waals surface area contributed by atoms with E-state index in [0.717, 1.165) is 0 Å². The van der Waals surface area contributed by atoms with Gasteiger partial charge >= 0.3 is 0 Å². The monoisotopic (exact) mass is 331 g/mol. The zero-order valence-electron chi connectivity index (χ0n) is 13.0. The molecule has 0 saturated heterocycles. The van der Waals surface area contributed by atoms with Crippen LogP contribution in [-0.2, 0) is 10.0 Å². The molecule has 1 rings (SSSR count). The van der Waals surface area contributed by atoms with Crippen LogP contribution in [0.2, 0.25) is 5.15 Å². The molecule has 0 aliphatic carbocycles. The van der Waals surface area contributed by atoms with Crippen LogP contribution in [-0.4, -0.2) is 32.7 Å². The number of pyridine rings is 1. The number of sulfonamides is 1. The number of rotatable bonds is 5. The average molecular weight is 332 g/mol. The van der Waals surface area contributed by atoms with Crippen molar-refractivity contribution in [2.75, 3.05) is 13.6 Å². The van der Waals surface area contributed by atoms with Crippen LogP contribution in [0.3, 0.4) is 0 Å². The van der Waals surface area contributed by atoms with E-state index in [-0.39, 0.29) is 11.4 Å². The lowest BCUT2D eigenvalue weighted by Gasteiger charge is -2.07. The zero-order valence-corrected chi connectivity index (χ0v) is 14.6. The number of nitrogens with one attached hydrogen (secondary N) is 1. The Morgan fingerprint density at radius 1 is 1.48 bits per heavy atom. The van der Waals surface area contributed by atoms with E-state index in [2.05, 4.69) is 14.7 Å². The lowest BCUT2D eigenvalue weighted by molar-refractivity contribution is 0.586. The van der Waals surface area contributed by atoms with Crippen LogP contribution in [0, 0.1) is 6.92 Å². The molecule has 1 heterocycles. The summed E-state index contributed by atoms with van der Waals surface area (Å²) in [7, 11) is -2.00. The van der Waals surface area contributed by atoms with Crippen LogP contribution in [0.4, 0.5) is 0 Å². The van der Waals surface area contributed by atoms with E-state index in [4.69, 9.17) is 11.6 Å². The number of hydrogen-bond donors (Lipinski definition) is 1. The van der Waals surface area contributed by atoms with E-state index >= 15 is 0 Å². The summed E-state index contributed by atoms with van der Waals surface area (Å²) in [5.41, 5.74) is 1.26. The van der Waals surface area contributed by atoms with Gasteiger partial charge in [0.05, 0.1) is 6.54 Å². The Labute approximate surface area is 132 Å². The van der Waals surface area contributed by atoms with Gasteiger partial charge in [-0.25, -0.2) is 18.1 Å². The third kappa shape index (κ3) is 6.37. The second-order valence-corrected chi connectivity index (χ2v) is 5.94. The van der Waals surface area contributed by atoms with Crippen molar-refractivity contribution < 1.29 is 8.42 Å². The molecule has 0 aliphatic rings. The van der Waals surface area contributed by atoms with Gasteiger partial charge in [0.2, 0.25) is 10.0 Å². The number of hydrogen-bond acceptors (Lipinski definition) is 4. The Morgan fingerprint density at radius 2 is 2.10 bits per heavy atom. The number of halogens is 1. The van der Waals surface area contributed by atoms with Crippen molar-refractivity contribution in [1.82, 2.24) is 9.71 Å². The first-order valence-electron chi connectivity index (χ1n) is 6.61. The summed E-state index contributed by atoms with van der Waals surface area (Å²) >= 11 is 5.77. The Balaban J connectivity index is 0.00000191. The summed E-state index contributed by atoms with van der Waals surface area (Å²) < 4.78 is 26.6. The molecule has 0 radical (unpaired) electrons. The molecular formula is C14H22ClN3O2S. The van der Waals surface area contributed by atoms with Gasteiger partial charge in [0.15, 0.2) is 0 Å². The van der Waals surface area contributed by atoms with Crippen molar-refractivity contribution in [1.29, 1.82) is 0 Å². The standard InChI is InChI=1S/C12H16ClN3O2S.C2H6/c1-4-5-10(14-3)7-16-19(17,18)11-6-9(2)12(13)15-8-11;1-2/h4-6,8,16H,7H2,1-3H3;1-2H3/b5-4-,14-10?;.